The second-order valence-corrected chi connectivity index (χ2v) is 7.37. The zero-order valence-corrected chi connectivity index (χ0v) is 15.8. The standard InChI is InChI=1S/C21H14F2N2O3S/c22-15-5-1-13(2-6-15)11-25-20(27)19-17(9-10-29-19)24(21(25)28)12-18(26)14-3-7-16(23)8-4-14/h1-10H,11-12H2. The van der Waals surface area contributed by atoms with Crippen molar-refractivity contribution in [3.63, 3.8) is 0 Å². The molecule has 0 N–H and O–H groups in total. The van der Waals surface area contributed by atoms with E-state index in [-0.39, 0.29) is 24.4 Å². The highest BCUT2D eigenvalue weighted by molar-refractivity contribution is 7.17. The number of aromatic nitrogens is 2. The van der Waals surface area contributed by atoms with Crippen molar-refractivity contribution in [2.24, 2.45) is 0 Å². The van der Waals surface area contributed by atoms with Crippen LogP contribution in [0.1, 0.15) is 15.9 Å². The first-order chi connectivity index (χ1) is 13.9. The van der Waals surface area contributed by atoms with Crippen LogP contribution in [0.25, 0.3) is 10.2 Å². The average molecular weight is 412 g/mol. The van der Waals surface area contributed by atoms with Crippen LogP contribution in [0.5, 0.6) is 0 Å². The summed E-state index contributed by atoms with van der Waals surface area (Å²) in [5.41, 5.74) is 0.113. The van der Waals surface area contributed by atoms with Gasteiger partial charge in [0.2, 0.25) is 0 Å². The van der Waals surface area contributed by atoms with Gasteiger partial charge in [0.25, 0.3) is 5.56 Å². The van der Waals surface area contributed by atoms with E-state index < -0.39 is 22.9 Å². The van der Waals surface area contributed by atoms with Crippen LogP contribution in [-0.2, 0) is 13.1 Å². The number of Topliss-reactive ketones (excluding diaryl/α,β-unsaturated/α-hetero) is 1. The monoisotopic (exact) mass is 412 g/mol. The van der Waals surface area contributed by atoms with E-state index in [9.17, 15) is 23.2 Å². The fourth-order valence-electron chi connectivity index (χ4n) is 3.07. The van der Waals surface area contributed by atoms with E-state index in [0.29, 0.717) is 15.8 Å². The highest BCUT2D eigenvalue weighted by Crippen LogP contribution is 2.16. The molecule has 5 nitrogen and oxygen atoms in total. The van der Waals surface area contributed by atoms with Crippen LogP contribution in [0.3, 0.4) is 0 Å². The number of rotatable bonds is 5. The van der Waals surface area contributed by atoms with Crippen LogP contribution in [0.15, 0.2) is 69.6 Å². The fraction of sp³-hybridized carbons (Fsp3) is 0.0952. The number of carbonyl (C=O) groups excluding carboxylic acids is 1. The molecule has 4 rings (SSSR count). The lowest BCUT2D eigenvalue weighted by Gasteiger charge is -2.12. The molecule has 8 heteroatoms. The fourth-order valence-corrected chi connectivity index (χ4v) is 3.91. The lowest BCUT2D eigenvalue weighted by atomic mass is 10.1. The molecule has 146 valence electrons. The number of hydrogen-bond acceptors (Lipinski definition) is 4. The van der Waals surface area contributed by atoms with Crippen LogP contribution >= 0.6 is 11.3 Å². The summed E-state index contributed by atoms with van der Waals surface area (Å²) in [5, 5.41) is 1.67. The van der Waals surface area contributed by atoms with Gasteiger partial charge >= 0.3 is 5.69 Å². The topological polar surface area (TPSA) is 61.1 Å². The predicted molar refractivity (Wildman–Crippen MR) is 107 cm³/mol. The molecule has 0 fully saturated rings. The van der Waals surface area contributed by atoms with Gasteiger partial charge in [-0.05, 0) is 53.4 Å². The van der Waals surface area contributed by atoms with Crippen LogP contribution < -0.4 is 11.2 Å². The van der Waals surface area contributed by atoms with Gasteiger partial charge in [-0.25, -0.2) is 13.6 Å². The number of thiophene rings is 1. The molecule has 0 aliphatic carbocycles. The largest absolute Gasteiger partial charge is 0.332 e. The van der Waals surface area contributed by atoms with Crippen LogP contribution in [0.4, 0.5) is 8.78 Å². The molecule has 0 bridgehead atoms. The van der Waals surface area contributed by atoms with Gasteiger partial charge in [0.05, 0.1) is 18.6 Å². The highest BCUT2D eigenvalue weighted by atomic mass is 32.1. The Morgan fingerprint density at radius 1 is 0.862 bits per heavy atom. The molecule has 0 aliphatic heterocycles. The minimum Gasteiger partial charge on any atom is -0.292 e. The third-order valence-electron chi connectivity index (χ3n) is 4.56. The van der Waals surface area contributed by atoms with Crippen molar-refractivity contribution >= 4 is 27.3 Å². The molecule has 0 saturated heterocycles. The Bertz CT molecular complexity index is 1320. The van der Waals surface area contributed by atoms with Crippen molar-refractivity contribution in [3.05, 3.63) is 104 Å². The Labute approximate surface area is 167 Å². The molecule has 2 aromatic carbocycles. The number of fused-ring (bicyclic) bond motifs is 1. The average Bonchev–Trinajstić information content (AvgIpc) is 3.20. The van der Waals surface area contributed by atoms with Gasteiger partial charge < -0.3 is 0 Å². The van der Waals surface area contributed by atoms with Crippen LogP contribution in [0.2, 0.25) is 0 Å². The predicted octanol–water partition coefficient (Wildman–Crippen LogP) is 3.43. The highest BCUT2D eigenvalue weighted by Gasteiger charge is 2.17. The molecule has 0 spiro atoms. The van der Waals surface area contributed by atoms with E-state index in [4.69, 9.17) is 0 Å². The molecule has 2 aromatic heterocycles. The maximum Gasteiger partial charge on any atom is 0.332 e. The maximum atomic E-state index is 13.2. The summed E-state index contributed by atoms with van der Waals surface area (Å²) < 4.78 is 28.9. The first kappa shape index (κ1) is 18.9. The molecular formula is C21H14F2N2O3S. The molecule has 0 unspecified atom stereocenters. The second kappa shape index (κ2) is 7.56. The SMILES string of the molecule is O=C(Cn1c(=O)n(Cc2ccc(F)cc2)c(=O)c2sccc21)c1ccc(F)cc1. The van der Waals surface area contributed by atoms with Gasteiger partial charge in [-0.2, -0.15) is 0 Å². The maximum absolute atomic E-state index is 13.2. The van der Waals surface area contributed by atoms with Gasteiger partial charge in [-0.3, -0.25) is 18.7 Å². The van der Waals surface area contributed by atoms with Crippen LogP contribution in [0, 0.1) is 11.6 Å². The Kier molecular flexibility index (Phi) is 4.94. The summed E-state index contributed by atoms with van der Waals surface area (Å²) in [6.45, 7) is -0.335. The van der Waals surface area contributed by atoms with Gasteiger partial charge in [0.15, 0.2) is 5.78 Å². The van der Waals surface area contributed by atoms with Gasteiger partial charge in [0.1, 0.15) is 16.3 Å². The Morgan fingerprint density at radius 2 is 1.48 bits per heavy atom. The summed E-state index contributed by atoms with van der Waals surface area (Å²) in [4.78, 5) is 38.5. The van der Waals surface area contributed by atoms with E-state index in [1.165, 1.54) is 64.4 Å². The zero-order chi connectivity index (χ0) is 20.5. The Balaban J connectivity index is 1.79. The quantitative estimate of drug-likeness (QED) is 0.472. The van der Waals surface area contributed by atoms with Gasteiger partial charge in [0, 0.05) is 5.56 Å². The number of hydrogen-bond donors (Lipinski definition) is 0. The molecule has 0 aliphatic rings. The molecular weight excluding hydrogens is 398 g/mol. The minimum atomic E-state index is -0.638. The Hall–Kier alpha value is -3.39. The number of benzene rings is 2. The first-order valence-corrected chi connectivity index (χ1v) is 9.56. The van der Waals surface area contributed by atoms with Crippen molar-refractivity contribution in [2.75, 3.05) is 0 Å². The van der Waals surface area contributed by atoms with E-state index in [1.54, 1.807) is 11.4 Å². The van der Waals surface area contributed by atoms with E-state index in [1.807, 2.05) is 0 Å². The normalized spacial score (nSPS) is 11.1. The third kappa shape index (κ3) is 3.66. The van der Waals surface area contributed by atoms with Crippen molar-refractivity contribution in [1.82, 2.24) is 9.13 Å². The molecule has 4 aromatic rings. The van der Waals surface area contributed by atoms with E-state index >= 15 is 0 Å². The number of halogens is 2. The molecule has 29 heavy (non-hydrogen) atoms. The van der Waals surface area contributed by atoms with Crippen LogP contribution in [-0.4, -0.2) is 14.9 Å². The first-order valence-electron chi connectivity index (χ1n) is 8.68. The summed E-state index contributed by atoms with van der Waals surface area (Å²) in [7, 11) is 0. The van der Waals surface area contributed by atoms with Crippen molar-refractivity contribution in [1.29, 1.82) is 0 Å². The van der Waals surface area contributed by atoms with Crippen molar-refractivity contribution < 1.29 is 13.6 Å². The van der Waals surface area contributed by atoms with Gasteiger partial charge in [-0.15, -0.1) is 11.3 Å². The molecule has 0 amide bonds. The van der Waals surface area contributed by atoms with Gasteiger partial charge in [-0.1, -0.05) is 12.1 Å². The van der Waals surface area contributed by atoms with Crippen molar-refractivity contribution in [3.8, 4) is 0 Å². The Morgan fingerprint density at radius 3 is 2.14 bits per heavy atom. The minimum absolute atomic E-state index is 0.0451. The van der Waals surface area contributed by atoms with E-state index in [2.05, 4.69) is 0 Å². The molecule has 0 saturated carbocycles. The lowest BCUT2D eigenvalue weighted by Crippen LogP contribution is -2.40. The lowest BCUT2D eigenvalue weighted by molar-refractivity contribution is 0.0971. The zero-order valence-electron chi connectivity index (χ0n) is 15.0. The number of carbonyl (C=O) groups is 1. The molecule has 0 radical (unpaired) electrons. The molecule has 2 heterocycles. The number of ketones is 1. The second-order valence-electron chi connectivity index (χ2n) is 6.45. The smallest absolute Gasteiger partial charge is 0.292 e. The summed E-state index contributed by atoms with van der Waals surface area (Å²) in [6.07, 6.45) is 0. The summed E-state index contributed by atoms with van der Waals surface area (Å²) in [6, 6.07) is 12.1. The summed E-state index contributed by atoms with van der Waals surface area (Å²) >= 11 is 1.17. The van der Waals surface area contributed by atoms with Crippen molar-refractivity contribution in [2.45, 2.75) is 13.1 Å². The van der Waals surface area contributed by atoms with E-state index in [0.717, 1.165) is 4.57 Å². The summed E-state index contributed by atoms with van der Waals surface area (Å²) in [5.74, 6) is -1.27. The third-order valence-corrected chi connectivity index (χ3v) is 5.45. The molecule has 0 atom stereocenters. The number of nitrogens with zero attached hydrogens (tertiary/aromatic N) is 2.